The fourth-order valence-electron chi connectivity index (χ4n) is 3.02. The molecule has 0 spiro atoms. The Morgan fingerprint density at radius 1 is 0.939 bits per heavy atom. The molecule has 3 aromatic rings. The molecule has 0 aliphatic carbocycles. The highest BCUT2D eigenvalue weighted by Crippen LogP contribution is 2.30. The summed E-state index contributed by atoms with van der Waals surface area (Å²) in [5, 5.41) is 3.17. The number of carbonyl (C=O) groups excluding carboxylic acids is 1. The lowest BCUT2D eigenvalue weighted by atomic mass is 10.1. The summed E-state index contributed by atoms with van der Waals surface area (Å²) in [6, 6.07) is 18.0. The van der Waals surface area contributed by atoms with Crippen LogP contribution in [0.5, 0.6) is 5.75 Å². The summed E-state index contributed by atoms with van der Waals surface area (Å²) in [5.41, 5.74) is 2.51. The van der Waals surface area contributed by atoms with Crippen molar-refractivity contribution < 1.29 is 17.9 Å². The van der Waals surface area contributed by atoms with Gasteiger partial charge in [0, 0.05) is 0 Å². The number of halogens is 2. The quantitative estimate of drug-likeness (QED) is 0.414. The fraction of sp³-hybridized carbons (Fsp3) is 0.208. The van der Waals surface area contributed by atoms with Crippen molar-refractivity contribution in [3.8, 4) is 5.75 Å². The lowest BCUT2D eigenvalue weighted by molar-refractivity contribution is -0.119. The zero-order valence-electron chi connectivity index (χ0n) is 18.2. The van der Waals surface area contributed by atoms with Crippen LogP contribution in [0.3, 0.4) is 0 Å². The third kappa shape index (κ3) is 6.41. The van der Waals surface area contributed by atoms with Gasteiger partial charge in [0.25, 0.3) is 10.0 Å². The number of nitrogens with zero attached hydrogens (tertiary/aromatic N) is 1. The molecule has 0 heterocycles. The van der Waals surface area contributed by atoms with Crippen molar-refractivity contribution in [3.63, 3.8) is 0 Å². The summed E-state index contributed by atoms with van der Waals surface area (Å²) < 4.78 is 33.2. The summed E-state index contributed by atoms with van der Waals surface area (Å²) in [7, 11) is -4.02. The first kappa shape index (κ1) is 24.9. The van der Waals surface area contributed by atoms with E-state index in [4.69, 9.17) is 27.9 Å². The number of anilines is 1. The molecule has 9 heteroatoms. The van der Waals surface area contributed by atoms with Crippen LogP contribution in [0.4, 0.5) is 5.69 Å². The molecule has 0 saturated heterocycles. The van der Waals surface area contributed by atoms with Gasteiger partial charge in [-0.3, -0.25) is 9.10 Å². The van der Waals surface area contributed by atoms with Crippen LogP contribution < -0.4 is 14.4 Å². The van der Waals surface area contributed by atoms with Gasteiger partial charge in [-0.2, -0.15) is 0 Å². The second kappa shape index (κ2) is 10.9. The van der Waals surface area contributed by atoms with Gasteiger partial charge in [0.1, 0.15) is 18.9 Å². The summed E-state index contributed by atoms with van der Waals surface area (Å²) in [6.07, 6.45) is 0. The number of hydrogen-bond donors (Lipinski definition) is 1. The molecule has 0 fully saturated rings. The first-order chi connectivity index (χ1) is 15.7. The Morgan fingerprint density at radius 2 is 1.67 bits per heavy atom. The number of sulfonamides is 1. The largest absolute Gasteiger partial charge is 0.492 e. The third-order valence-corrected chi connectivity index (χ3v) is 7.51. The molecule has 0 aromatic heterocycles. The monoisotopic (exact) mass is 506 g/mol. The second-order valence-corrected chi connectivity index (χ2v) is 10.0. The van der Waals surface area contributed by atoms with Gasteiger partial charge in [-0.1, -0.05) is 47.5 Å². The Hall–Kier alpha value is -2.74. The van der Waals surface area contributed by atoms with Gasteiger partial charge in [-0.25, -0.2) is 8.42 Å². The van der Waals surface area contributed by atoms with Gasteiger partial charge < -0.3 is 10.1 Å². The van der Waals surface area contributed by atoms with Crippen LogP contribution in [0.1, 0.15) is 11.1 Å². The van der Waals surface area contributed by atoms with Crippen molar-refractivity contribution in [2.24, 2.45) is 0 Å². The van der Waals surface area contributed by atoms with E-state index in [-0.39, 0.29) is 33.8 Å². The van der Waals surface area contributed by atoms with Crippen molar-refractivity contribution in [2.45, 2.75) is 18.7 Å². The highest BCUT2D eigenvalue weighted by Gasteiger charge is 2.27. The summed E-state index contributed by atoms with van der Waals surface area (Å²) in [5.74, 6) is 0.223. The third-order valence-electron chi connectivity index (χ3n) is 4.98. The smallest absolute Gasteiger partial charge is 0.264 e. The normalized spacial score (nSPS) is 11.2. The number of carbonyl (C=O) groups is 1. The molecule has 174 valence electrons. The lowest BCUT2D eigenvalue weighted by Crippen LogP contribution is -2.41. The number of hydrogen-bond acceptors (Lipinski definition) is 4. The average molecular weight is 507 g/mol. The molecule has 0 atom stereocenters. The van der Waals surface area contributed by atoms with Gasteiger partial charge in [-0.05, 0) is 67.4 Å². The van der Waals surface area contributed by atoms with E-state index in [0.717, 1.165) is 15.4 Å². The Balaban J connectivity index is 1.71. The van der Waals surface area contributed by atoms with Crippen LogP contribution in [-0.2, 0) is 14.8 Å². The highest BCUT2D eigenvalue weighted by atomic mass is 35.5. The molecule has 3 rings (SSSR count). The van der Waals surface area contributed by atoms with Gasteiger partial charge >= 0.3 is 0 Å². The van der Waals surface area contributed by atoms with Crippen LogP contribution in [-0.4, -0.2) is 34.0 Å². The number of aryl methyl sites for hydroxylation is 2. The minimum atomic E-state index is -4.02. The molecule has 1 N–H and O–H groups in total. The number of benzene rings is 3. The molecule has 3 aromatic carbocycles. The second-order valence-electron chi connectivity index (χ2n) is 7.37. The molecule has 6 nitrogen and oxygen atoms in total. The first-order valence-corrected chi connectivity index (χ1v) is 12.4. The predicted octanol–water partition coefficient (Wildman–Crippen LogP) is 5.00. The maximum atomic E-state index is 13.3. The van der Waals surface area contributed by atoms with E-state index >= 15 is 0 Å². The van der Waals surface area contributed by atoms with Crippen LogP contribution in [0, 0.1) is 13.8 Å². The number of nitrogens with one attached hydrogen (secondary N) is 1. The van der Waals surface area contributed by atoms with Crippen molar-refractivity contribution >= 4 is 44.8 Å². The maximum absolute atomic E-state index is 13.3. The Labute approximate surface area is 204 Å². The molecule has 0 aliphatic heterocycles. The molecule has 0 radical (unpaired) electrons. The Bertz CT molecular complexity index is 1230. The van der Waals surface area contributed by atoms with Crippen molar-refractivity contribution in [1.29, 1.82) is 0 Å². The van der Waals surface area contributed by atoms with E-state index in [9.17, 15) is 13.2 Å². The van der Waals surface area contributed by atoms with Gasteiger partial charge in [-0.15, -0.1) is 0 Å². The Kier molecular flexibility index (Phi) is 8.24. The molecule has 33 heavy (non-hydrogen) atoms. The first-order valence-electron chi connectivity index (χ1n) is 10.2. The summed E-state index contributed by atoms with van der Waals surface area (Å²) >= 11 is 12.1. The highest BCUT2D eigenvalue weighted by molar-refractivity contribution is 7.92. The maximum Gasteiger partial charge on any atom is 0.264 e. The Morgan fingerprint density at radius 3 is 2.33 bits per heavy atom. The lowest BCUT2D eigenvalue weighted by Gasteiger charge is -2.24. The SMILES string of the molecule is Cc1ccc(OCCNC(=O)CN(c2ccc(Cl)c(Cl)c2)S(=O)(=O)c2ccccc2)cc1C. The van der Waals surface area contributed by atoms with Crippen LogP contribution >= 0.6 is 23.2 Å². The molecular formula is C24H24Cl2N2O4S. The fourth-order valence-corrected chi connectivity index (χ4v) is 4.75. The summed E-state index contributed by atoms with van der Waals surface area (Å²) in [6.45, 7) is 4.04. The summed E-state index contributed by atoms with van der Waals surface area (Å²) in [4.78, 5) is 12.7. The van der Waals surface area contributed by atoms with Crippen LogP contribution in [0.15, 0.2) is 71.6 Å². The van der Waals surface area contributed by atoms with E-state index in [0.29, 0.717) is 5.75 Å². The molecule has 1 amide bonds. The number of ether oxygens (including phenoxy) is 1. The molecular weight excluding hydrogens is 483 g/mol. The van der Waals surface area contributed by atoms with Crippen molar-refractivity contribution in [1.82, 2.24) is 5.32 Å². The van der Waals surface area contributed by atoms with E-state index in [1.807, 2.05) is 32.0 Å². The molecule has 0 saturated carbocycles. The van der Waals surface area contributed by atoms with E-state index in [1.54, 1.807) is 18.2 Å². The molecule has 0 unspecified atom stereocenters. The average Bonchev–Trinajstić information content (AvgIpc) is 2.80. The van der Waals surface area contributed by atoms with Gasteiger partial charge in [0.05, 0.1) is 27.2 Å². The standard InChI is InChI=1S/C24H24Cl2N2O4S/c1-17-8-10-20(14-18(17)2)32-13-12-27-24(29)16-28(19-9-11-22(25)23(26)15-19)33(30,31)21-6-4-3-5-7-21/h3-11,14-15H,12-13,16H2,1-2H3,(H,27,29). The van der Waals surface area contributed by atoms with Crippen LogP contribution in [0.2, 0.25) is 10.0 Å². The minimum absolute atomic E-state index is 0.0574. The van der Waals surface area contributed by atoms with Crippen LogP contribution in [0.25, 0.3) is 0 Å². The predicted molar refractivity (Wildman–Crippen MR) is 132 cm³/mol. The number of rotatable bonds is 9. The van der Waals surface area contributed by atoms with Crippen molar-refractivity contribution in [3.05, 3.63) is 87.9 Å². The minimum Gasteiger partial charge on any atom is -0.492 e. The van der Waals surface area contributed by atoms with Crippen molar-refractivity contribution in [2.75, 3.05) is 24.0 Å². The molecule has 0 bridgehead atoms. The van der Waals surface area contributed by atoms with Gasteiger partial charge in [0.2, 0.25) is 5.91 Å². The van der Waals surface area contributed by atoms with E-state index in [1.165, 1.54) is 30.3 Å². The van der Waals surface area contributed by atoms with E-state index in [2.05, 4.69) is 5.32 Å². The van der Waals surface area contributed by atoms with Gasteiger partial charge in [0.15, 0.2) is 0 Å². The number of amides is 1. The molecule has 0 aliphatic rings. The zero-order valence-corrected chi connectivity index (χ0v) is 20.5. The zero-order chi connectivity index (χ0) is 24.0. The topological polar surface area (TPSA) is 75.7 Å². The van der Waals surface area contributed by atoms with E-state index < -0.39 is 22.5 Å².